The molecule has 2 amide bonds. The SMILES string of the molecule is CC(NC(=O)N1CC[C@@]2(CCn3nc(-c4cnc(N)c(C(F)(F)F)c4)cc32)C1)c1ccnn1C. The number of nitrogens with zero attached hydrogens (tertiary/aromatic N) is 6. The summed E-state index contributed by atoms with van der Waals surface area (Å²) in [5.41, 5.74) is 6.70. The molecule has 0 radical (unpaired) electrons. The van der Waals surface area contributed by atoms with Crippen molar-refractivity contribution < 1.29 is 18.0 Å². The van der Waals surface area contributed by atoms with E-state index in [4.69, 9.17) is 5.73 Å². The van der Waals surface area contributed by atoms with Gasteiger partial charge in [0, 0.05) is 55.7 Å². The van der Waals surface area contributed by atoms with Crippen LogP contribution in [0.2, 0.25) is 0 Å². The first kappa shape index (κ1) is 22.2. The average molecular weight is 474 g/mol. The van der Waals surface area contributed by atoms with Crippen LogP contribution < -0.4 is 11.1 Å². The second-order valence-electron chi connectivity index (χ2n) is 9.05. The first-order chi connectivity index (χ1) is 16.1. The number of carbonyl (C=O) groups is 1. The summed E-state index contributed by atoms with van der Waals surface area (Å²) in [7, 11) is 1.83. The molecule has 1 fully saturated rings. The standard InChI is InChI=1S/C22H25F3N8O/c1-13(17-3-6-28-31(17)2)29-20(34)32-7-4-21(12-32)5-8-33-18(21)10-16(30-33)14-9-15(22(23,24)25)19(26)27-11-14/h3,6,9-11,13H,4-5,7-8,12H2,1-2H3,(H2,26,27)(H,29,34)/t13?,21-/m1/s1. The average Bonchev–Trinajstić information content (AvgIpc) is 3.54. The number of carbonyl (C=O) groups excluding carboxylic acids is 1. The summed E-state index contributed by atoms with van der Waals surface area (Å²) in [5.74, 6) is -0.558. The van der Waals surface area contributed by atoms with Crippen LogP contribution in [-0.2, 0) is 25.2 Å². The van der Waals surface area contributed by atoms with Crippen molar-refractivity contribution >= 4 is 11.8 Å². The number of urea groups is 1. The Kier molecular flexibility index (Phi) is 5.06. The van der Waals surface area contributed by atoms with Crippen LogP contribution in [0.5, 0.6) is 0 Å². The number of nitrogens with one attached hydrogen (secondary N) is 1. The molecule has 1 spiro atoms. The van der Waals surface area contributed by atoms with E-state index < -0.39 is 17.6 Å². The van der Waals surface area contributed by atoms with E-state index in [1.165, 1.54) is 6.20 Å². The minimum atomic E-state index is -4.59. The lowest BCUT2D eigenvalue weighted by atomic mass is 9.82. The maximum Gasteiger partial charge on any atom is 0.419 e. The number of hydrogen-bond acceptors (Lipinski definition) is 5. The molecule has 3 aromatic rings. The summed E-state index contributed by atoms with van der Waals surface area (Å²) in [6.45, 7) is 3.67. The van der Waals surface area contributed by atoms with Gasteiger partial charge in [0.25, 0.3) is 0 Å². The molecule has 180 valence electrons. The highest BCUT2D eigenvalue weighted by atomic mass is 19.4. The number of anilines is 1. The van der Waals surface area contributed by atoms with Crippen LogP contribution in [0.15, 0.2) is 30.6 Å². The Morgan fingerprint density at radius 3 is 2.74 bits per heavy atom. The predicted molar refractivity (Wildman–Crippen MR) is 118 cm³/mol. The van der Waals surface area contributed by atoms with Crippen LogP contribution in [0.1, 0.15) is 42.8 Å². The second kappa shape index (κ2) is 7.74. The lowest BCUT2D eigenvalue weighted by Gasteiger charge is -2.25. The highest BCUT2D eigenvalue weighted by Crippen LogP contribution is 2.44. The van der Waals surface area contributed by atoms with E-state index >= 15 is 0 Å². The molecular weight excluding hydrogens is 449 g/mol. The number of nitrogens with two attached hydrogens (primary N) is 1. The molecule has 12 heteroatoms. The lowest BCUT2D eigenvalue weighted by Crippen LogP contribution is -2.41. The Balaban J connectivity index is 1.35. The predicted octanol–water partition coefficient (Wildman–Crippen LogP) is 3.10. The quantitative estimate of drug-likeness (QED) is 0.607. The van der Waals surface area contributed by atoms with Crippen LogP contribution in [0, 0.1) is 0 Å². The fourth-order valence-electron chi connectivity index (χ4n) is 5.06. The fraction of sp³-hybridized carbons (Fsp3) is 0.455. The molecule has 2 atom stereocenters. The molecule has 0 aliphatic carbocycles. The molecule has 5 rings (SSSR count). The number of alkyl halides is 3. The van der Waals surface area contributed by atoms with Gasteiger partial charge in [0.05, 0.1) is 23.0 Å². The van der Waals surface area contributed by atoms with Crippen LogP contribution in [0.25, 0.3) is 11.3 Å². The van der Waals surface area contributed by atoms with Gasteiger partial charge in [0.15, 0.2) is 0 Å². The number of aryl methyl sites for hydroxylation is 2. The fourth-order valence-corrected chi connectivity index (χ4v) is 5.06. The molecule has 0 saturated carbocycles. The van der Waals surface area contributed by atoms with E-state index in [0.717, 1.165) is 30.3 Å². The van der Waals surface area contributed by atoms with Gasteiger partial charge in [-0.1, -0.05) is 0 Å². The molecule has 3 N–H and O–H groups in total. The van der Waals surface area contributed by atoms with E-state index in [9.17, 15) is 18.0 Å². The van der Waals surface area contributed by atoms with Gasteiger partial charge >= 0.3 is 12.2 Å². The van der Waals surface area contributed by atoms with E-state index in [2.05, 4.69) is 20.5 Å². The minimum absolute atomic E-state index is 0.152. The Morgan fingerprint density at radius 2 is 2.03 bits per heavy atom. The van der Waals surface area contributed by atoms with Crippen molar-refractivity contribution in [2.24, 2.45) is 7.05 Å². The zero-order valence-corrected chi connectivity index (χ0v) is 18.8. The largest absolute Gasteiger partial charge is 0.419 e. The minimum Gasteiger partial charge on any atom is -0.383 e. The summed E-state index contributed by atoms with van der Waals surface area (Å²) in [6, 6.07) is 4.32. The van der Waals surface area contributed by atoms with Gasteiger partial charge in [0.2, 0.25) is 0 Å². The number of pyridine rings is 1. The highest BCUT2D eigenvalue weighted by Gasteiger charge is 2.47. The maximum absolute atomic E-state index is 13.3. The van der Waals surface area contributed by atoms with E-state index in [1.807, 2.05) is 30.8 Å². The van der Waals surface area contributed by atoms with Crippen LogP contribution >= 0.6 is 0 Å². The van der Waals surface area contributed by atoms with Gasteiger partial charge in [-0.05, 0) is 38.0 Å². The third-order valence-electron chi connectivity index (χ3n) is 6.93. The first-order valence-electron chi connectivity index (χ1n) is 11.0. The normalized spacial score (nSPS) is 20.7. The van der Waals surface area contributed by atoms with Crippen LogP contribution in [0.4, 0.5) is 23.8 Å². The molecular formula is C22H25F3N8O. The Bertz CT molecular complexity index is 1250. The van der Waals surface area contributed by atoms with Crippen molar-refractivity contribution in [3.8, 4) is 11.3 Å². The number of fused-ring (bicyclic) bond motifs is 2. The van der Waals surface area contributed by atoms with Gasteiger partial charge in [-0.2, -0.15) is 23.4 Å². The molecule has 2 aliphatic heterocycles. The topological polar surface area (TPSA) is 107 Å². The Labute approximate surface area is 193 Å². The van der Waals surface area contributed by atoms with Crippen molar-refractivity contribution in [2.45, 2.75) is 43.9 Å². The lowest BCUT2D eigenvalue weighted by molar-refractivity contribution is -0.137. The molecule has 1 saturated heterocycles. The summed E-state index contributed by atoms with van der Waals surface area (Å²) in [6.07, 6.45) is -0.00942. The number of hydrogen-bond donors (Lipinski definition) is 2. The molecule has 0 aromatic carbocycles. The van der Waals surface area contributed by atoms with Crippen LogP contribution in [0.3, 0.4) is 0 Å². The zero-order chi connectivity index (χ0) is 24.3. The maximum atomic E-state index is 13.3. The third kappa shape index (κ3) is 3.66. The van der Waals surface area contributed by atoms with Crippen molar-refractivity contribution in [2.75, 3.05) is 18.8 Å². The monoisotopic (exact) mass is 474 g/mol. The van der Waals surface area contributed by atoms with E-state index in [-0.39, 0.29) is 23.1 Å². The Morgan fingerprint density at radius 1 is 1.26 bits per heavy atom. The van der Waals surface area contributed by atoms with Crippen LogP contribution in [-0.4, -0.2) is 48.6 Å². The molecule has 34 heavy (non-hydrogen) atoms. The number of rotatable bonds is 3. The number of likely N-dealkylation sites (tertiary alicyclic amines) is 1. The number of amides is 2. The molecule has 2 aliphatic rings. The number of nitrogen functional groups attached to an aromatic ring is 1. The summed E-state index contributed by atoms with van der Waals surface area (Å²) >= 11 is 0. The van der Waals surface area contributed by atoms with E-state index in [1.54, 1.807) is 15.8 Å². The third-order valence-corrected chi connectivity index (χ3v) is 6.93. The second-order valence-corrected chi connectivity index (χ2v) is 9.05. The number of aromatic nitrogens is 5. The summed E-state index contributed by atoms with van der Waals surface area (Å²) in [5, 5.41) is 11.7. The van der Waals surface area contributed by atoms with Crippen molar-refractivity contribution in [3.05, 3.63) is 47.5 Å². The molecule has 1 unspecified atom stereocenters. The van der Waals surface area contributed by atoms with E-state index in [0.29, 0.717) is 25.3 Å². The highest BCUT2D eigenvalue weighted by molar-refractivity contribution is 5.75. The number of halogens is 3. The zero-order valence-electron chi connectivity index (χ0n) is 18.8. The van der Waals surface area contributed by atoms with Gasteiger partial charge < -0.3 is 16.0 Å². The van der Waals surface area contributed by atoms with Crippen molar-refractivity contribution in [1.29, 1.82) is 0 Å². The smallest absolute Gasteiger partial charge is 0.383 e. The first-order valence-corrected chi connectivity index (χ1v) is 11.0. The van der Waals surface area contributed by atoms with Gasteiger partial charge in [-0.25, -0.2) is 9.78 Å². The van der Waals surface area contributed by atoms with Crippen molar-refractivity contribution in [3.63, 3.8) is 0 Å². The van der Waals surface area contributed by atoms with Gasteiger partial charge in [0.1, 0.15) is 5.82 Å². The Hall–Kier alpha value is -3.57. The summed E-state index contributed by atoms with van der Waals surface area (Å²) < 4.78 is 43.4. The van der Waals surface area contributed by atoms with Gasteiger partial charge in [-0.3, -0.25) is 9.36 Å². The molecule has 0 bridgehead atoms. The van der Waals surface area contributed by atoms with Gasteiger partial charge in [-0.15, -0.1) is 0 Å². The summed E-state index contributed by atoms with van der Waals surface area (Å²) in [4.78, 5) is 18.5. The van der Waals surface area contributed by atoms with Crippen molar-refractivity contribution in [1.82, 2.24) is 34.8 Å². The molecule has 9 nitrogen and oxygen atoms in total. The molecule has 5 heterocycles. The molecule has 3 aromatic heterocycles.